The maximum atomic E-state index is 11.6. The van der Waals surface area contributed by atoms with Gasteiger partial charge in [-0.25, -0.2) is 0 Å². The van der Waals surface area contributed by atoms with E-state index in [0.29, 0.717) is 25.2 Å². The van der Waals surface area contributed by atoms with Crippen molar-refractivity contribution in [2.24, 2.45) is 10.9 Å². The van der Waals surface area contributed by atoms with Crippen LogP contribution in [0, 0.1) is 5.92 Å². The highest BCUT2D eigenvalue weighted by Crippen LogP contribution is 2.28. The summed E-state index contributed by atoms with van der Waals surface area (Å²) in [7, 11) is 0. The topological polar surface area (TPSA) is 68.8 Å². The lowest BCUT2D eigenvalue weighted by Gasteiger charge is -2.29. The van der Waals surface area contributed by atoms with Crippen LogP contribution in [0.5, 0.6) is 0 Å². The molecule has 1 amide bonds. The minimum atomic E-state index is 0.193. The first-order chi connectivity index (χ1) is 11.0. The third-order valence-electron chi connectivity index (χ3n) is 3.96. The molecule has 0 bridgehead atoms. The Kier molecular flexibility index (Phi) is 8.99. The number of hydrogen-bond acceptors (Lipinski definition) is 3. The first-order valence-corrected chi connectivity index (χ1v) is 9.01. The van der Waals surface area contributed by atoms with Crippen molar-refractivity contribution in [3.8, 4) is 0 Å². The lowest BCUT2D eigenvalue weighted by atomic mass is 10.2. The van der Waals surface area contributed by atoms with Gasteiger partial charge in [0.15, 0.2) is 5.96 Å². The Balaban J connectivity index is 2.29. The average Bonchev–Trinajstić information content (AvgIpc) is 3.31. The van der Waals surface area contributed by atoms with Crippen molar-refractivity contribution in [2.45, 2.75) is 59.5 Å². The van der Waals surface area contributed by atoms with Crippen LogP contribution in [0.3, 0.4) is 0 Å². The van der Waals surface area contributed by atoms with E-state index in [1.165, 1.54) is 0 Å². The van der Waals surface area contributed by atoms with Gasteiger partial charge in [0.05, 0.1) is 6.54 Å². The fourth-order valence-electron chi connectivity index (χ4n) is 2.59. The van der Waals surface area contributed by atoms with Crippen LogP contribution in [0.15, 0.2) is 4.99 Å². The van der Waals surface area contributed by atoms with Crippen LogP contribution in [0.2, 0.25) is 0 Å². The van der Waals surface area contributed by atoms with E-state index >= 15 is 0 Å². The molecule has 1 rings (SSSR count). The van der Waals surface area contributed by atoms with Crippen LogP contribution in [-0.4, -0.2) is 61.6 Å². The molecular weight excluding hydrogens is 290 g/mol. The third-order valence-corrected chi connectivity index (χ3v) is 3.96. The Morgan fingerprint density at radius 1 is 1.09 bits per heavy atom. The van der Waals surface area contributed by atoms with Crippen LogP contribution >= 0.6 is 0 Å². The molecule has 0 heterocycles. The largest absolute Gasteiger partial charge is 0.357 e. The van der Waals surface area contributed by atoms with Crippen molar-refractivity contribution in [1.82, 2.24) is 20.9 Å². The van der Waals surface area contributed by atoms with E-state index in [2.05, 4.69) is 60.5 Å². The second-order valence-electron chi connectivity index (χ2n) is 6.68. The molecule has 0 aliphatic heterocycles. The van der Waals surface area contributed by atoms with Crippen LogP contribution in [0.25, 0.3) is 0 Å². The highest BCUT2D eigenvalue weighted by atomic mass is 16.2. The van der Waals surface area contributed by atoms with Gasteiger partial charge in [0.25, 0.3) is 0 Å². The molecule has 0 spiro atoms. The summed E-state index contributed by atoms with van der Waals surface area (Å²) in [6.07, 6.45) is 2.09. The Bertz CT molecular complexity index is 369. The molecule has 0 unspecified atom stereocenters. The first kappa shape index (κ1) is 19.7. The normalized spacial score (nSPS) is 15.4. The molecule has 0 aromatic heterocycles. The van der Waals surface area contributed by atoms with E-state index in [4.69, 9.17) is 0 Å². The van der Waals surface area contributed by atoms with Crippen molar-refractivity contribution >= 4 is 11.9 Å². The van der Waals surface area contributed by atoms with Gasteiger partial charge in [-0.3, -0.25) is 14.7 Å². The molecule has 134 valence electrons. The predicted molar refractivity (Wildman–Crippen MR) is 96.7 cm³/mol. The fourth-order valence-corrected chi connectivity index (χ4v) is 2.59. The molecule has 0 radical (unpaired) electrons. The van der Waals surface area contributed by atoms with Gasteiger partial charge in [-0.15, -0.1) is 0 Å². The maximum absolute atomic E-state index is 11.6. The van der Waals surface area contributed by atoms with Crippen molar-refractivity contribution in [2.75, 3.05) is 32.7 Å². The van der Waals surface area contributed by atoms with E-state index < -0.39 is 0 Å². The van der Waals surface area contributed by atoms with E-state index in [1.807, 2.05) is 0 Å². The minimum Gasteiger partial charge on any atom is -0.357 e. The lowest BCUT2D eigenvalue weighted by Crippen LogP contribution is -2.43. The predicted octanol–water partition coefficient (Wildman–Crippen LogP) is 1.19. The highest BCUT2D eigenvalue weighted by Gasteiger charge is 2.28. The quantitative estimate of drug-likeness (QED) is 0.321. The molecule has 1 fully saturated rings. The Hall–Kier alpha value is -1.30. The summed E-state index contributed by atoms with van der Waals surface area (Å²) < 4.78 is 0. The maximum Gasteiger partial charge on any atom is 0.223 e. The number of amides is 1. The van der Waals surface area contributed by atoms with Crippen LogP contribution in [0.1, 0.15) is 47.5 Å². The van der Waals surface area contributed by atoms with Gasteiger partial charge in [0.1, 0.15) is 0 Å². The summed E-state index contributed by atoms with van der Waals surface area (Å²) in [6, 6.07) is 1.05. The molecule has 23 heavy (non-hydrogen) atoms. The van der Waals surface area contributed by atoms with Gasteiger partial charge in [0.2, 0.25) is 5.91 Å². The minimum absolute atomic E-state index is 0.193. The van der Waals surface area contributed by atoms with Crippen molar-refractivity contribution in [3.63, 3.8) is 0 Å². The Morgan fingerprint density at radius 2 is 1.70 bits per heavy atom. The first-order valence-electron chi connectivity index (χ1n) is 9.01. The summed E-state index contributed by atoms with van der Waals surface area (Å²) in [5, 5.41) is 9.47. The average molecular weight is 326 g/mol. The second-order valence-corrected chi connectivity index (χ2v) is 6.68. The number of carbonyl (C=O) groups is 1. The third kappa shape index (κ3) is 8.21. The zero-order valence-electron chi connectivity index (χ0n) is 15.5. The molecule has 0 saturated heterocycles. The van der Waals surface area contributed by atoms with E-state index in [1.54, 1.807) is 0 Å². The summed E-state index contributed by atoms with van der Waals surface area (Å²) in [5.74, 6) is 1.29. The molecule has 0 aromatic rings. The van der Waals surface area contributed by atoms with Crippen molar-refractivity contribution in [1.29, 1.82) is 0 Å². The van der Waals surface area contributed by atoms with Crippen molar-refractivity contribution < 1.29 is 4.79 Å². The monoisotopic (exact) mass is 325 g/mol. The van der Waals surface area contributed by atoms with Gasteiger partial charge in [0, 0.05) is 44.2 Å². The lowest BCUT2D eigenvalue weighted by molar-refractivity contribution is -0.122. The molecule has 6 heteroatoms. The van der Waals surface area contributed by atoms with Gasteiger partial charge in [-0.05, 0) is 47.5 Å². The number of carbonyl (C=O) groups excluding carboxylic acids is 1. The molecular formula is C17H35N5O. The van der Waals surface area contributed by atoms with Gasteiger partial charge < -0.3 is 16.0 Å². The Morgan fingerprint density at radius 3 is 2.22 bits per heavy atom. The Labute approximate surface area is 141 Å². The smallest absolute Gasteiger partial charge is 0.223 e. The molecule has 1 saturated carbocycles. The van der Waals surface area contributed by atoms with E-state index in [0.717, 1.165) is 38.4 Å². The summed E-state index contributed by atoms with van der Waals surface area (Å²) in [5.41, 5.74) is 0. The summed E-state index contributed by atoms with van der Waals surface area (Å²) in [4.78, 5) is 18.6. The zero-order valence-corrected chi connectivity index (χ0v) is 15.5. The van der Waals surface area contributed by atoms with Crippen LogP contribution in [0.4, 0.5) is 0 Å². The van der Waals surface area contributed by atoms with Gasteiger partial charge in [-0.1, -0.05) is 0 Å². The zero-order chi connectivity index (χ0) is 17.2. The standard InChI is InChI=1S/C17H35N5O/c1-6-18-17(20-10-9-19-16(23)15-7-8-15)21-11-12-22(13(2)3)14(4)5/h13-15H,6-12H2,1-5H3,(H,19,23)(H2,18,20,21). The SMILES string of the molecule is CCNC(=NCCN(C(C)C)C(C)C)NCCNC(=O)C1CC1. The van der Waals surface area contributed by atoms with Crippen LogP contribution in [-0.2, 0) is 4.79 Å². The number of nitrogens with one attached hydrogen (secondary N) is 3. The molecule has 1 aliphatic carbocycles. The van der Waals surface area contributed by atoms with Crippen LogP contribution < -0.4 is 16.0 Å². The molecule has 1 aliphatic rings. The number of rotatable bonds is 10. The summed E-state index contributed by atoms with van der Waals surface area (Å²) in [6.45, 7) is 14.8. The van der Waals surface area contributed by atoms with E-state index in [9.17, 15) is 4.79 Å². The summed E-state index contributed by atoms with van der Waals surface area (Å²) >= 11 is 0. The van der Waals surface area contributed by atoms with E-state index in [-0.39, 0.29) is 11.8 Å². The molecule has 0 aromatic carbocycles. The van der Waals surface area contributed by atoms with Gasteiger partial charge >= 0.3 is 0 Å². The molecule has 3 N–H and O–H groups in total. The molecule has 6 nitrogen and oxygen atoms in total. The van der Waals surface area contributed by atoms with Crippen molar-refractivity contribution in [3.05, 3.63) is 0 Å². The number of aliphatic imine (C=N–C) groups is 1. The number of hydrogen-bond donors (Lipinski definition) is 3. The number of guanidine groups is 1. The van der Waals surface area contributed by atoms with Gasteiger partial charge in [-0.2, -0.15) is 0 Å². The molecule has 0 atom stereocenters. The number of nitrogens with zero attached hydrogens (tertiary/aromatic N) is 2. The second kappa shape index (κ2) is 10.5. The highest BCUT2D eigenvalue weighted by molar-refractivity contribution is 5.81. The fraction of sp³-hybridized carbons (Fsp3) is 0.882.